The van der Waals surface area contributed by atoms with Crippen molar-refractivity contribution < 1.29 is 93.3 Å². The van der Waals surface area contributed by atoms with E-state index in [2.05, 4.69) is 16.0 Å². The van der Waals surface area contributed by atoms with E-state index in [1.807, 2.05) is 0 Å². The van der Waals surface area contributed by atoms with Crippen LogP contribution in [0.15, 0.2) is 0 Å². The Kier molecular flexibility index (Phi) is 26.2. The highest BCUT2D eigenvalue weighted by Crippen LogP contribution is 2.50. The number of hydrogen-bond acceptors (Lipinski definition) is 12. The van der Waals surface area contributed by atoms with Crippen molar-refractivity contribution in [2.24, 2.45) is 10.8 Å². The molecule has 374 valence electrons. The number of nitrogens with one attached hydrogen (secondary N) is 3. The summed E-state index contributed by atoms with van der Waals surface area (Å²) in [5, 5.41) is 74.5. The third kappa shape index (κ3) is 24.4. The van der Waals surface area contributed by atoms with E-state index in [0.717, 1.165) is 0 Å². The van der Waals surface area contributed by atoms with Crippen molar-refractivity contribution in [3.8, 4) is 0 Å². The fourth-order valence-corrected chi connectivity index (χ4v) is 8.41. The van der Waals surface area contributed by atoms with Crippen molar-refractivity contribution in [1.82, 2.24) is 16.0 Å². The van der Waals surface area contributed by atoms with Crippen LogP contribution in [0, 0.1) is 10.8 Å². The van der Waals surface area contributed by atoms with Gasteiger partial charge in [-0.1, -0.05) is 20.8 Å². The van der Waals surface area contributed by atoms with Crippen LogP contribution in [0.5, 0.6) is 0 Å². The maximum absolute atomic E-state index is 14.0. The molecule has 0 atom stereocenters. The number of carbonyl (C=O) groups is 12. The van der Waals surface area contributed by atoms with Crippen molar-refractivity contribution >= 4 is 72.1 Å². The molecule has 0 saturated heterocycles. The third-order valence-electron chi connectivity index (χ3n) is 12.5. The van der Waals surface area contributed by atoms with Crippen LogP contribution in [0.25, 0.3) is 0 Å². The molecule has 0 bridgehead atoms. The molecule has 0 aliphatic heterocycles. The van der Waals surface area contributed by atoms with Crippen molar-refractivity contribution in [3.05, 3.63) is 0 Å². The highest BCUT2D eigenvalue weighted by atomic mass is 16.4. The van der Waals surface area contributed by atoms with Crippen molar-refractivity contribution in [3.63, 3.8) is 0 Å². The minimum absolute atomic E-state index is 0.00882. The van der Waals surface area contributed by atoms with E-state index in [4.69, 9.17) is 0 Å². The lowest BCUT2D eigenvalue weighted by atomic mass is 9.59. The fourth-order valence-electron chi connectivity index (χ4n) is 8.41. The van der Waals surface area contributed by atoms with E-state index in [9.17, 15) is 93.3 Å². The first-order valence-electron chi connectivity index (χ1n) is 21.9. The molecule has 10 N–H and O–H groups in total. The monoisotopic (exact) mass is 943 g/mol. The summed E-state index contributed by atoms with van der Waals surface area (Å²) in [6, 6.07) is 0. The molecule has 0 saturated carbocycles. The van der Waals surface area contributed by atoms with E-state index < -0.39 is 132 Å². The van der Waals surface area contributed by atoms with Gasteiger partial charge in [0.25, 0.3) is 0 Å². The molecule has 66 heavy (non-hydrogen) atoms. The molecular weight excluding hydrogens is 874 g/mol. The van der Waals surface area contributed by atoms with Gasteiger partial charge in [-0.2, -0.15) is 0 Å². The van der Waals surface area contributed by atoms with Crippen molar-refractivity contribution in [2.75, 3.05) is 0 Å². The smallest absolute Gasteiger partial charge is 0.303 e. The molecule has 0 aromatic rings. The largest absolute Gasteiger partial charge is 0.481 e. The number of amides is 3. The van der Waals surface area contributed by atoms with Crippen molar-refractivity contribution in [1.29, 1.82) is 0 Å². The van der Waals surface area contributed by atoms with E-state index >= 15 is 0 Å². The summed E-state index contributed by atoms with van der Waals surface area (Å²) in [6.45, 7) is 5.29. The summed E-state index contributed by atoms with van der Waals surface area (Å²) in [4.78, 5) is 146. The highest BCUT2D eigenvalue weighted by molar-refractivity contribution is 5.80. The zero-order valence-corrected chi connectivity index (χ0v) is 38.2. The molecule has 0 aromatic carbocycles. The van der Waals surface area contributed by atoms with E-state index in [0.29, 0.717) is 12.6 Å². The summed E-state index contributed by atoms with van der Waals surface area (Å²) >= 11 is 0. The maximum Gasteiger partial charge on any atom is 0.303 e. The van der Waals surface area contributed by atoms with Crippen LogP contribution < -0.4 is 16.0 Å². The van der Waals surface area contributed by atoms with E-state index in [1.54, 1.807) is 20.8 Å². The summed E-state index contributed by atoms with van der Waals surface area (Å²) in [6.07, 6.45) is -5.98. The average Bonchev–Trinajstić information content (AvgIpc) is 3.21. The number of carbonyl (C=O) groups excluding carboxylic acids is 5. The molecule has 0 aromatic heterocycles. The lowest BCUT2D eigenvalue weighted by Gasteiger charge is -2.46. The van der Waals surface area contributed by atoms with Gasteiger partial charge in [-0.25, -0.2) is 0 Å². The normalized spacial score (nSPS) is 12.0. The van der Waals surface area contributed by atoms with Gasteiger partial charge in [0.2, 0.25) is 17.7 Å². The minimum Gasteiger partial charge on any atom is -0.481 e. The molecule has 0 fully saturated rings. The molecule has 0 heterocycles. The van der Waals surface area contributed by atoms with Crippen LogP contribution in [0.2, 0.25) is 0 Å². The van der Waals surface area contributed by atoms with Gasteiger partial charge in [-0.15, -0.1) is 0 Å². The van der Waals surface area contributed by atoms with E-state index in [1.165, 1.54) is 0 Å². The zero-order valence-electron chi connectivity index (χ0n) is 38.2. The average molecular weight is 944 g/mol. The molecule has 22 heteroatoms. The summed E-state index contributed by atoms with van der Waals surface area (Å²) in [5.74, 6) is -11.0. The Labute approximate surface area is 383 Å². The topological polar surface area (TPSA) is 383 Å². The standard InChI is InChI=1S/C44H69N3O19/c1-40(2,3)41(18-6-30(50)45-42(16-4-28-48,17-5-29-49)21-9-33(53)54,19-7-31(51)46-43(22-10-34(55)56,23-11-35(57)58)24-12-36(59)60)20-8-32(52)47-44(25-13-37(61)62,26-14-38(63)64)27-15-39(65)66/h28-29H,4-27H2,1-3H3,(H,45,50)(H,46,51)(H,47,52)(H,53,54)(H,55,56)(H,57,58)(H,59,60)(H,61,62)(H,63,64)(H,65,66). The van der Waals surface area contributed by atoms with E-state index in [-0.39, 0.29) is 109 Å². The fraction of sp³-hybridized carbons (Fsp3) is 0.727. The molecule has 0 radical (unpaired) electrons. The SMILES string of the molecule is CC(C)(C)C(CCC(=O)NC(CCC=O)(CCC=O)CCC(=O)O)(CCC(=O)NC(CCC(=O)O)(CCC(=O)O)CCC(=O)O)CCC(=O)NC(CCC(=O)O)(CCC(=O)O)CCC(=O)O. The number of hydrogen-bond donors (Lipinski definition) is 10. The van der Waals surface area contributed by atoms with Crippen molar-refractivity contribution in [2.45, 2.75) is 191 Å². The second-order valence-corrected chi connectivity index (χ2v) is 18.2. The Morgan fingerprint density at radius 2 is 0.530 bits per heavy atom. The first kappa shape index (κ1) is 60.0. The highest BCUT2D eigenvalue weighted by Gasteiger charge is 2.44. The number of aldehydes is 2. The quantitative estimate of drug-likeness (QED) is 0.0390. The maximum atomic E-state index is 14.0. The summed E-state index contributed by atoms with van der Waals surface area (Å²) in [7, 11) is 0. The molecule has 0 rings (SSSR count). The van der Waals surface area contributed by atoms with Crippen LogP contribution in [-0.2, 0) is 57.5 Å². The Bertz CT molecular complexity index is 1540. The first-order chi connectivity index (χ1) is 30.6. The van der Waals surface area contributed by atoms with Gasteiger partial charge >= 0.3 is 41.8 Å². The van der Waals surface area contributed by atoms with Crippen LogP contribution in [0.1, 0.15) is 175 Å². The second kappa shape index (κ2) is 28.8. The first-order valence-corrected chi connectivity index (χ1v) is 21.9. The molecule has 0 aliphatic rings. The Morgan fingerprint density at radius 3 is 0.697 bits per heavy atom. The molecule has 0 unspecified atom stereocenters. The van der Waals surface area contributed by atoms with Gasteiger partial charge in [0.1, 0.15) is 12.6 Å². The Hall–Kier alpha value is -5.96. The Balaban J connectivity index is 7.32. The van der Waals surface area contributed by atoms with Gasteiger partial charge in [0.15, 0.2) is 0 Å². The number of aliphatic carboxylic acids is 7. The predicted molar refractivity (Wildman–Crippen MR) is 231 cm³/mol. The molecule has 0 aliphatic carbocycles. The Morgan fingerprint density at radius 1 is 0.333 bits per heavy atom. The molecular formula is C44H69N3O19. The third-order valence-corrected chi connectivity index (χ3v) is 12.5. The number of carboxylic acid groups (broad SMARTS) is 7. The van der Waals surface area contributed by atoms with Crippen LogP contribution in [0.4, 0.5) is 0 Å². The molecule has 22 nitrogen and oxygen atoms in total. The van der Waals surface area contributed by atoms with Gasteiger partial charge in [-0.3, -0.25) is 47.9 Å². The van der Waals surface area contributed by atoms with Gasteiger partial charge in [0, 0.05) is 93.7 Å². The second-order valence-electron chi connectivity index (χ2n) is 18.2. The van der Waals surface area contributed by atoms with Gasteiger partial charge in [0.05, 0.1) is 0 Å². The molecule has 0 spiro atoms. The van der Waals surface area contributed by atoms with Crippen LogP contribution in [0.3, 0.4) is 0 Å². The van der Waals surface area contributed by atoms with Gasteiger partial charge < -0.3 is 61.3 Å². The predicted octanol–water partition coefficient (Wildman–Crippen LogP) is 3.94. The lowest BCUT2D eigenvalue weighted by molar-refractivity contribution is -0.141. The lowest BCUT2D eigenvalue weighted by Crippen LogP contribution is -2.51. The van der Waals surface area contributed by atoms with Crippen LogP contribution in [-0.4, -0.2) is 124 Å². The van der Waals surface area contributed by atoms with Gasteiger partial charge in [-0.05, 0) is 87.9 Å². The summed E-state index contributed by atoms with van der Waals surface area (Å²) in [5.41, 5.74) is -6.50. The number of rotatable bonds is 39. The molecule has 3 amide bonds. The number of carboxylic acids is 7. The zero-order chi connectivity index (χ0) is 50.8. The summed E-state index contributed by atoms with van der Waals surface area (Å²) < 4.78 is 0. The van der Waals surface area contributed by atoms with Crippen LogP contribution >= 0.6 is 0 Å². The minimum atomic E-state index is -1.58.